The minimum Gasteiger partial charge on any atom is -0.464 e. The van der Waals surface area contributed by atoms with E-state index in [0.717, 1.165) is 19.3 Å². The summed E-state index contributed by atoms with van der Waals surface area (Å²) < 4.78 is 10.6. The maximum absolute atomic E-state index is 12.4. The van der Waals surface area contributed by atoms with Crippen LogP contribution >= 0.6 is 0 Å². The minimum atomic E-state index is -0.549. The van der Waals surface area contributed by atoms with E-state index < -0.39 is 11.6 Å². The van der Waals surface area contributed by atoms with E-state index in [4.69, 9.17) is 9.47 Å². The zero-order valence-electron chi connectivity index (χ0n) is 12.8. The highest BCUT2D eigenvalue weighted by Crippen LogP contribution is 2.42. The van der Waals surface area contributed by atoms with Gasteiger partial charge in [-0.3, -0.25) is 4.90 Å². The van der Waals surface area contributed by atoms with Gasteiger partial charge in [-0.1, -0.05) is 0 Å². The number of carbonyl (C=O) groups is 2. The van der Waals surface area contributed by atoms with Crippen LogP contribution < -0.4 is 0 Å². The Morgan fingerprint density at radius 2 is 1.80 bits per heavy atom. The third-order valence-electron chi connectivity index (χ3n) is 3.76. The first-order valence-corrected chi connectivity index (χ1v) is 7.51. The van der Waals surface area contributed by atoms with Gasteiger partial charge in [0.25, 0.3) is 0 Å². The van der Waals surface area contributed by atoms with E-state index in [1.807, 2.05) is 20.8 Å². The maximum atomic E-state index is 12.4. The molecule has 2 atom stereocenters. The molecule has 0 radical (unpaired) electrons. The van der Waals surface area contributed by atoms with Gasteiger partial charge in [0.2, 0.25) is 0 Å². The molecule has 1 aliphatic heterocycles. The van der Waals surface area contributed by atoms with E-state index >= 15 is 0 Å². The van der Waals surface area contributed by atoms with E-state index in [1.54, 1.807) is 11.8 Å². The molecular formula is C15H25NO4. The van der Waals surface area contributed by atoms with E-state index in [9.17, 15) is 9.59 Å². The van der Waals surface area contributed by atoms with Crippen molar-refractivity contribution >= 4 is 12.1 Å². The third kappa shape index (κ3) is 3.44. The summed E-state index contributed by atoms with van der Waals surface area (Å²) in [5.41, 5.74) is -0.549. The molecule has 0 bridgehead atoms. The van der Waals surface area contributed by atoms with Gasteiger partial charge in [0.1, 0.15) is 11.6 Å². The average Bonchev–Trinajstić information content (AvgIpc) is 3.05. The topological polar surface area (TPSA) is 55.8 Å². The second-order valence-electron chi connectivity index (χ2n) is 6.64. The second-order valence-corrected chi connectivity index (χ2v) is 6.64. The Bertz CT molecular complexity index is 384. The van der Waals surface area contributed by atoms with Crippen LogP contribution in [-0.4, -0.2) is 41.3 Å². The van der Waals surface area contributed by atoms with E-state index in [1.165, 1.54) is 0 Å². The Balaban J connectivity index is 2.12. The lowest BCUT2D eigenvalue weighted by molar-refractivity contribution is -0.148. The fraction of sp³-hybridized carbons (Fsp3) is 0.867. The number of carbonyl (C=O) groups excluding carboxylic acids is 2. The highest BCUT2D eigenvalue weighted by Gasteiger charge is 2.49. The van der Waals surface area contributed by atoms with Crippen LogP contribution in [0.15, 0.2) is 0 Å². The maximum Gasteiger partial charge on any atom is 0.411 e. The SMILES string of the molecule is CCOC(=O)[C@H]1CC[C@H](C2CC2)N1C(=O)OC(C)(C)C. The fourth-order valence-corrected chi connectivity index (χ4v) is 2.83. The molecule has 2 aliphatic rings. The lowest BCUT2D eigenvalue weighted by Crippen LogP contribution is -2.48. The zero-order chi connectivity index (χ0) is 14.9. The number of ether oxygens (including phenoxy) is 2. The molecule has 2 rings (SSSR count). The molecule has 1 aliphatic carbocycles. The lowest BCUT2D eigenvalue weighted by Gasteiger charge is -2.31. The van der Waals surface area contributed by atoms with E-state index in [2.05, 4.69) is 0 Å². The first-order chi connectivity index (χ1) is 9.33. The molecule has 0 aromatic heterocycles. The molecule has 0 aromatic carbocycles. The second kappa shape index (κ2) is 5.62. The number of likely N-dealkylation sites (tertiary alicyclic amines) is 1. The average molecular weight is 283 g/mol. The lowest BCUT2D eigenvalue weighted by atomic mass is 10.1. The molecule has 0 spiro atoms. The molecule has 2 fully saturated rings. The zero-order valence-corrected chi connectivity index (χ0v) is 12.8. The molecule has 1 saturated carbocycles. The van der Waals surface area contributed by atoms with Crippen LogP contribution in [-0.2, 0) is 14.3 Å². The Hall–Kier alpha value is -1.26. The minimum absolute atomic E-state index is 0.138. The Labute approximate surface area is 120 Å². The van der Waals surface area contributed by atoms with Crippen molar-refractivity contribution in [3.05, 3.63) is 0 Å². The fourth-order valence-electron chi connectivity index (χ4n) is 2.83. The quantitative estimate of drug-likeness (QED) is 0.747. The number of nitrogens with zero attached hydrogens (tertiary/aromatic N) is 1. The predicted molar refractivity (Wildman–Crippen MR) is 74.2 cm³/mol. The highest BCUT2D eigenvalue weighted by molar-refractivity contribution is 5.82. The standard InChI is InChI=1S/C15H25NO4/c1-5-19-13(17)12-9-8-11(10-6-7-10)16(12)14(18)20-15(2,3)4/h10-12H,5-9H2,1-4H3/t11-,12-/m1/s1. The van der Waals surface area contributed by atoms with E-state index in [-0.39, 0.29) is 18.1 Å². The summed E-state index contributed by atoms with van der Waals surface area (Å²) in [6, 6.07) is -0.338. The number of hydrogen-bond acceptors (Lipinski definition) is 4. The molecule has 0 unspecified atom stereocenters. The van der Waals surface area contributed by atoms with Crippen LogP contribution in [0.2, 0.25) is 0 Å². The van der Waals surface area contributed by atoms with Crippen LogP contribution in [0.3, 0.4) is 0 Å². The van der Waals surface area contributed by atoms with Gasteiger partial charge in [0, 0.05) is 6.04 Å². The van der Waals surface area contributed by atoms with Crippen LogP contribution in [0.1, 0.15) is 53.4 Å². The molecule has 20 heavy (non-hydrogen) atoms. The molecule has 1 heterocycles. The number of hydrogen-bond donors (Lipinski definition) is 0. The number of rotatable bonds is 3. The molecule has 0 aromatic rings. The van der Waals surface area contributed by atoms with Gasteiger partial charge in [-0.15, -0.1) is 0 Å². The summed E-state index contributed by atoms with van der Waals surface area (Å²) >= 11 is 0. The van der Waals surface area contributed by atoms with Gasteiger partial charge < -0.3 is 9.47 Å². The summed E-state index contributed by atoms with van der Waals surface area (Å²) in [6.45, 7) is 7.64. The van der Waals surface area contributed by atoms with Crippen molar-refractivity contribution in [2.24, 2.45) is 5.92 Å². The monoisotopic (exact) mass is 283 g/mol. The molecule has 5 nitrogen and oxygen atoms in total. The molecule has 114 valence electrons. The van der Waals surface area contributed by atoms with Gasteiger partial charge >= 0.3 is 12.1 Å². The summed E-state index contributed by atoms with van der Waals surface area (Å²) in [5.74, 6) is 0.225. The van der Waals surface area contributed by atoms with Crippen LogP contribution in [0, 0.1) is 5.92 Å². The van der Waals surface area contributed by atoms with Gasteiger partial charge in [0.05, 0.1) is 6.61 Å². The van der Waals surface area contributed by atoms with Crippen molar-refractivity contribution < 1.29 is 19.1 Å². The van der Waals surface area contributed by atoms with Gasteiger partial charge in [-0.05, 0) is 59.3 Å². The Morgan fingerprint density at radius 1 is 1.15 bits per heavy atom. The number of esters is 1. The summed E-state index contributed by atoms with van der Waals surface area (Å²) in [7, 11) is 0. The third-order valence-corrected chi connectivity index (χ3v) is 3.76. The molecule has 1 saturated heterocycles. The first-order valence-electron chi connectivity index (χ1n) is 7.51. The van der Waals surface area contributed by atoms with Crippen LogP contribution in [0.5, 0.6) is 0 Å². The van der Waals surface area contributed by atoms with Crippen molar-refractivity contribution in [2.75, 3.05) is 6.61 Å². The first kappa shape index (κ1) is 15.1. The highest BCUT2D eigenvalue weighted by atomic mass is 16.6. The molecule has 0 N–H and O–H groups in total. The Kier molecular flexibility index (Phi) is 4.25. The summed E-state index contributed by atoms with van der Waals surface area (Å²) in [4.78, 5) is 26.1. The van der Waals surface area contributed by atoms with Crippen molar-refractivity contribution in [3.63, 3.8) is 0 Å². The van der Waals surface area contributed by atoms with Gasteiger partial charge in [-0.2, -0.15) is 0 Å². The van der Waals surface area contributed by atoms with Crippen molar-refractivity contribution in [3.8, 4) is 0 Å². The predicted octanol–water partition coefficient (Wildman–Crippen LogP) is 2.73. The van der Waals surface area contributed by atoms with Crippen molar-refractivity contribution in [1.29, 1.82) is 0 Å². The smallest absolute Gasteiger partial charge is 0.411 e. The van der Waals surface area contributed by atoms with Crippen LogP contribution in [0.4, 0.5) is 4.79 Å². The molecule has 1 amide bonds. The number of amides is 1. The molecular weight excluding hydrogens is 258 g/mol. The van der Waals surface area contributed by atoms with Crippen LogP contribution in [0.25, 0.3) is 0 Å². The Morgan fingerprint density at radius 3 is 2.30 bits per heavy atom. The van der Waals surface area contributed by atoms with Crippen molar-refractivity contribution in [2.45, 2.75) is 71.1 Å². The van der Waals surface area contributed by atoms with Crippen molar-refractivity contribution in [1.82, 2.24) is 4.90 Å². The summed E-state index contributed by atoms with van der Waals surface area (Å²) in [6.07, 6.45) is 3.44. The normalized spacial score (nSPS) is 26.5. The van der Waals surface area contributed by atoms with E-state index in [0.29, 0.717) is 18.9 Å². The van der Waals surface area contributed by atoms with Gasteiger partial charge in [-0.25, -0.2) is 9.59 Å². The largest absolute Gasteiger partial charge is 0.464 e. The summed E-state index contributed by atoms with van der Waals surface area (Å²) in [5, 5.41) is 0. The van der Waals surface area contributed by atoms with Gasteiger partial charge in [0.15, 0.2) is 0 Å². The molecule has 5 heteroatoms.